The van der Waals surface area contributed by atoms with Crippen molar-refractivity contribution in [1.82, 2.24) is 5.32 Å². The zero-order valence-corrected chi connectivity index (χ0v) is 13.4. The van der Waals surface area contributed by atoms with Crippen molar-refractivity contribution < 1.29 is 9.53 Å². The highest BCUT2D eigenvalue weighted by Gasteiger charge is 2.34. The molecule has 0 heterocycles. The van der Waals surface area contributed by atoms with E-state index in [1.165, 1.54) is 11.5 Å². The van der Waals surface area contributed by atoms with Gasteiger partial charge in [-0.25, -0.2) is 0 Å². The molecule has 0 aliphatic rings. The highest BCUT2D eigenvalue weighted by Crippen LogP contribution is 2.18. The molecule has 0 amide bonds. The Balaban J connectivity index is 4.25. The van der Waals surface area contributed by atoms with Crippen LogP contribution in [-0.4, -0.2) is 35.7 Å². The Kier molecular flexibility index (Phi) is 9.56. The second-order valence-corrected chi connectivity index (χ2v) is 6.40. The zero-order chi connectivity index (χ0) is 14.0. The molecular formula is C14H29NO2S. The lowest BCUT2D eigenvalue weighted by Crippen LogP contribution is -2.53. The number of ether oxygens (including phenoxy) is 1. The van der Waals surface area contributed by atoms with Gasteiger partial charge in [-0.1, -0.05) is 13.3 Å². The van der Waals surface area contributed by atoms with E-state index in [0.717, 1.165) is 19.3 Å². The summed E-state index contributed by atoms with van der Waals surface area (Å²) in [5.74, 6) is 2.22. The summed E-state index contributed by atoms with van der Waals surface area (Å²) in [6, 6.07) is 0.282. The summed E-state index contributed by atoms with van der Waals surface area (Å²) >= 11 is 1.95. The van der Waals surface area contributed by atoms with Crippen LogP contribution in [-0.2, 0) is 9.53 Å². The molecule has 0 aromatic heterocycles. The van der Waals surface area contributed by atoms with Gasteiger partial charge in [-0.15, -0.1) is 0 Å². The lowest BCUT2D eigenvalue weighted by Gasteiger charge is -2.30. The Labute approximate surface area is 116 Å². The van der Waals surface area contributed by atoms with E-state index in [-0.39, 0.29) is 12.0 Å². The molecule has 1 atom stereocenters. The molecule has 1 unspecified atom stereocenters. The van der Waals surface area contributed by atoms with E-state index >= 15 is 0 Å². The van der Waals surface area contributed by atoms with Gasteiger partial charge in [0.05, 0.1) is 6.61 Å². The molecule has 0 bridgehead atoms. The van der Waals surface area contributed by atoms with Crippen LogP contribution in [0.4, 0.5) is 0 Å². The first-order chi connectivity index (χ1) is 8.46. The molecule has 0 aromatic carbocycles. The Bertz CT molecular complexity index is 234. The fourth-order valence-corrected chi connectivity index (χ4v) is 2.68. The molecule has 0 aromatic rings. The van der Waals surface area contributed by atoms with Crippen molar-refractivity contribution in [1.29, 1.82) is 0 Å². The first kappa shape index (κ1) is 17.8. The van der Waals surface area contributed by atoms with E-state index in [1.54, 1.807) is 0 Å². The van der Waals surface area contributed by atoms with Gasteiger partial charge in [-0.2, -0.15) is 11.8 Å². The van der Waals surface area contributed by atoms with Crippen LogP contribution in [0.25, 0.3) is 0 Å². The average molecular weight is 275 g/mol. The van der Waals surface area contributed by atoms with Crippen LogP contribution in [0.15, 0.2) is 0 Å². The van der Waals surface area contributed by atoms with Crippen LogP contribution in [0, 0.1) is 0 Å². The summed E-state index contributed by atoms with van der Waals surface area (Å²) in [6.07, 6.45) is 3.06. The lowest BCUT2D eigenvalue weighted by molar-refractivity contribution is -0.151. The van der Waals surface area contributed by atoms with Gasteiger partial charge in [-0.3, -0.25) is 10.1 Å². The molecule has 0 aliphatic heterocycles. The van der Waals surface area contributed by atoms with Gasteiger partial charge in [0, 0.05) is 6.04 Å². The van der Waals surface area contributed by atoms with Gasteiger partial charge in [0.15, 0.2) is 0 Å². The number of hydrogen-bond donors (Lipinski definition) is 1. The molecule has 0 radical (unpaired) electrons. The summed E-state index contributed by atoms with van der Waals surface area (Å²) in [5, 5.41) is 3.35. The van der Waals surface area contributed by atoms with Crippen LogP contribution >= 0.6 is 11.8 Å². The van der Waals surface area contributed by atoms with Gasteiger partial charge in [0.2, 0.25) is 0 Å². The third kappa shape index (κ3) is 7.27. The second kappa shape index (κ2) is 9.68. The van der Waals surface area contributed by atoms with Gasteiger partial charge < -0.3 is 4.74 Å². The smallest absolute Gasteiger partial charge is 0.326 e. The molecule has 0 saturated heterocycles. The normalized spacial score (nSPS) is 14.6. The summed E-state index contributed by atoms with van der Waals surface area (Å²) in [5.41, 5.74) is -0.541. The van der Waals surface area contributed by atoms with Crippen LogP contribution < -0.4 is 5.32 Å². The van der Waals surface area contributed by atoms with Crippen molar-refractivity contribution in [3.63, 3.8) is 0 Å². The maximum absolute atomic E-state index is 12.0. The van der Waals surface area contributed by atoms with Crippen LogP contribution in [0.5, 0.6) is 0 Å². The third-order valence-electron chi connectivity index (χ3n) is 2.75. The summed E-state index contributed by atoms with van der Waals surface area (Å²) in [7, 11) is 0. The molecular weight excluding hydrogens is 246 g/mol. The molecule has 18 heavy (non-hydrogen) atoms. The van der Waals surface area contributed by atoms with Crippen molar-refractivity contribution in [2.75, 3.05) is 18.1 Å². The molecule has 1 N–H and O–H groups in total. The summed E-state index contributed by atoms with van der Waals surface area (Å²) in [4.78, 5) is 12.0. The first-order valence-corrected chi connectivity index (χ1v) is 8.14. The van der Waals surface area contributed by atoms with Gasteiger partial charge >= 0.3 is 5.97 Å². The van der Waals surface area contributed by atoms with E-state index in [2.05, 4.69) is 26.1 Å². The highest BCUT2D eigenvalue weighted by molar-refractivity contribution is 7.99. The Morgan fingerprint density at radius 2 is 2.00 bits per heavy atom. The third-order valence-corrected chi connectivity index (χ3v) is 3.74. The standard InChI is InChI=1S/C14H29NO2S/c1-6-17-13(16)14(5,15-12(3)4)10-8-9-11-18-7-2/h12,15H,6-11H2,1-5H3. The molecule has 4 heteroatoms. The van der Waals surface area contributed by atoms with E-state index in [9.17, 15) is 4.79 Å². The van der Waals surface area contributed by atoms with E-state index in [1.807, 2.05) is 25.6 Å². The molecule has 0 rings (SSSR count). The predicted octanol–water partition coefficient (Wildman–Crippen LogP) is 3.23. The number of esters is 1. The molecule has 0 fully saturated rings. The van der Waals surface area contributed by atoms with Gasteiger partial charge in [-0.05, 0) is 52.0 Å². The SMILES string of the molecule is CCOC(=O)C(C)(CCCCSCC)NC(C)C. The zero-order valence-electron chi connectivity index (χ0n) is 12.5. The molecule has 0 saturated carbocycles. The second-order valence-electron chi connectivity index (χ2n) is 5.01. The largest absolute Gasteiger partial charge is 0.465 e. The Morgan fingerprint density at radius 1 is 1.33 bits per heavy atom. The quantitative estimate of drug-likeness (QED) is 0.491. The number of hydrogen-bond acceptors (Lipinski definition) is 4. The fourth-order valence-electron chi connectivity index (χ4n) is 1.99. The minimum absolute atomic E-state index is 0.123. The number of rotatable bonds is 10. The topological polar surface area (TPSA) is 38.3 Å². The number of carbonyl (C=O) groups is 1. The molecule has 3 nitrogen and oxygen atoms in total. The maximum atomic E-state index is 12.0. The van der Waals surface area contributed by atoms with Crippen LogP contribution in [0.3, 0.4) is 0 Å². The average Bonchev–Trinajstić information content (AvgIpc) is 2.28. The number of unbranched alkanes of at least 4 members (excludes halogenated alkanes) is 1. The van der Waals surface area contributed by atoms with Crippen molar-refractivity contribution in [3.05, 3.63) is 0 Å². The first-order valence-electron chi connectivity index (χ1n) is 6.99. The number of thioether (sulfide) groups is 1. The maximum Gasteiger partial charge on any atom is 0.326 e. The minimum Gasteiger partial charge on any atom is -0.465 e. The molecule has 0 aliphatic carbocycles. The van der Waals surface area contributed by atoms with E-state index in [4.69, 9.17) is 4.74 Å². The predicted molar refractivity (Wildman–Crippen MR) is 80.2 cm³/mol. The number of nitrogens with one attached hydrogen (secondary N) is 1. The van der Waals surface area contributed by atoms with Crippen molar-refractivity contribution >= 4 is 17.7 Å². The number of carbonyl (C=O) groups excluding carboxylic acids is 1. The fraction of sp³-hybridized carbons (Fsp3) is 0.929. The molecule has 0 spiro atoms. The molecule has 108 valence electrons. The monoisotopic (exact) mass is 275 g/mol. The lowest BCUT2D eigenvalue weighted by atomic mass is 9.94. The van der Waals surface area contributed by atoms with Crippen molar-refractivity contribution in [2.45, 2.75) is 65.5 Å². The van der Waals surface area contributed by atoms with Gasteiger partial charge in [0.1, 0.15) is 5.54 Å². The van der Waals surface area contributed by atoms with Crippen LogP contribution in [0.2, 0.25) is 0 Å². The highest BCUT2D eigenvalue weighted by atomic mass is 32.2. The summed E-state index contributed by atoms with van der Waals surface area (Å²) < 4.78 is 5.18. The summed E-state index contributed by atoms with van der Waals surface area (Å²) in [6.45, 7) is 10.5. The Hall–Kier alpha value is -0.220. The van der Waals surface area contributed by atoms with E-state index in [0.29, 0.717) is 6.61 Å². The minimum atomic E-state index is -0.541. The van der Waals surface area contributed by atoms with Gasteiger partial charge in [0.25, 0.3) is 0 Å². The Morgan fingerprint density at radius 3 is 2.50 bits per heavy atom. The van der Waals surface area contributed by atoms with E-state index < -0.39 is 5.54 Å². The van der Waals surface area contributed by atoms with Crippen LogP contribution in [0.1, 0.15) is 53.9 Å². The van der Waals surface area contributed by atoms with Crippen molar-refractivity contribution in [2.24, 2.45) is 0 Å². The van der Waals surface area contributed by atoms with Crippen molar-refractivity contribution in [3.8, 4) is 0 Å².